The van der Waals surface area contributed by atoms with Gasteiger partial charge in [-0.2, -0.15) is 18.0 Å². The Morgan fingerprint density at radius 3 is 2.62 bits per heavy atom. The zero-order valence-electron chi connectivity index (χ0n) is 13.0. The first-order valence-electron chi connectivity index (χ1n) is 7.33. The van der Waals surface area contributed by atoms with Gasteiger partial charge >= 0.3 is 6.18 Å². The molecule has 0 unspecified atom stereocenters. The summed E-state index contributed by atoms with van der Waals surface area (Å²) in [5.41, 5.74) is -0.771. The summed E-state index contributed by atoms with van der Waals surface area (Å²) >= 11 is 0. The van der Waals surface area contributed by atoms with Crippen molar-refractivity contribution in [3.63, 3.8) is 0 Å². The van der Waals surface area contributed by atoms with Crippen LogP contribution in [0.4, 0.5) is 23.2 Å². The highest BCUT2D eigenvalue weighted by Gasteiger charge is 2.30. The summed E-state index contributed by atoms with van der Waals surface area (Å²) in [6, 6.07) is 10.0. The maximum absolute atomic E-state index is 13.7. The van der Waals surface area contributed by atoms with Crippen LogP contribution in [-0.4, -0.2) is 26.1 Å². The Hall–Kier alpha value is -3.30. The van der Waals surface area contributed by atoms with Gasteiger partial charge in [0.1, 0.15) is 12.4 Å². The van der Waals surface area contributed by atoms with Crippen molar-refractivity contribution in [3.8, 4) is 11.4 Å². The Bertz CT molecular complexity index is 938. The van der Waals surface area contributed by atoms with Gasteiger partial charge in [0.05, 0.1) is 11.1 Å². The van der Waals surface area contributed by atoms with Crippen LogP contribution in [0.15, 0.2) is 48.5 Å². The maximum atomic E-state index is 13.7. The molecular formula is C16H11F4N5O. The number of carbonyl (C=O) groups excluding carboxylic acids is 1. The topological polar surface area (TPSA) is 72.7 Å². The van der Waals surface area contributed by atoms with Crippen LogP contribution in [0, 0.1) is 5.82 Å². The predicted octanol–water partition coefficient (Wildman–Crippen LogP) is 3.14. The van der Waals surface area contributed by atoms with Gasteiger partial charge in [0, 0.05) is 5.69 Å². The lowest BCUT2D eigenvalue weighted by molar-refractivity contribution is -0.137. The number of nitrogens with one attached hydrogen (secondary N) is 1. The van der Waals surface area contributed by atoms with Gasteiger partial charge in [0.15, 0.2) is 0 Å². The van der Waals surface area contributed by atoms with E-state index in [4.69, 9.17) is 0 Å². The Labute approximate surface area is 144 Å². The van der Waals surface area contributed by atoms with Crippen LogP contribution in [-0.2, 0) is 17.5 Å². The summed E-state index contributed by atoms with van der Waals surface area (Å²) in [4.78, 5) is 12.9. The van der Waals surface area contributed by atoms with E-state index in [1.807, 2.05) is 0 Å². The summed E-state index contributed by atoms with van der Waals surface area (Å²) in [7, 11) is 0. The second kappa shape index (κ2) is 6.90. The lowest BCUT2D eigenvalue weighted by atomic mass is 10.2. The number of anilines is 1. The van der Waals surface area contributed by atoms with E-state index in [9.17, 15) is 22.4 Å². The Balaban J connectivity index is 1.69. The van der Waals surface area contributed by atoms with Crippen molar-refractivity contribution >= 4 is 11.6 Å². The number of halogens is 4. The molecule has 3 aromatic rings. The summed E-state index contributed by atoms with van der Waals surface area (Å²) in [5.74, 6) is -1.20. The third-order valence-corrected chi connectivity index (χ3v) is 3.33. The van der Waals surface area contributed by atoms with Crippen LogP contribution in [0.3, 0.4) is 0 Å². The lowest BCUT2D eigenvalue weighted by Crippen LogP contribution is -2.20. The molecule has 1 heterocycles. The van der Waals surface area contributed by atoms with Gasteiger partial charge in [-0.25, -0.2) is 4.39 Å². The Kier molecular flexibility index (Phi) is 4.65. The average Bonchev–Trinajstić information content (AvgIpc) is 3.02. The molecule has 0 atom stereocenters. The number of hydrogen-bond donors (Lipinski definition) is 1. The Morgan fingerprint density at radius 2 is 1.88 bits per heavy atom. The molecule has 0 aliphatic heterocycles. The van der Waals surface area contributed by atoms with E-state index < -0.39 is 30.0 Å². The minimum absolute atomic E-state index is 0.00466. The second-order valence-corrected chi connectivity index (χ2v) is 5.25. The molecule has 0 saturated heterocycles. The van der Waals surface area contributed by atoms with E-state index in [0.717, 1.165) is 16.9 Å². The lowest BCUT2D eigenvalue weighted by Gasteiger charge is -2.09. The molecule has 0 aliphatic carbocycles. The molecule has 6 nitrogen and oxygen atoms in total. The van der Waals surface area contributed by atoms with Crippen LogP contribution < -0.4 is 5.32 Å². The molecule has 0 fully saturated rings. The van der Waals surface area contributed by atoms with Crippen molar-refractivity contribution in [3.05, 3.63) is 59.9 Å². The molecule has 2 aromatic carbocycles. The molecular weight excluding hydrogens is 354 g/mol. The summed E-state index contributed by atoms with van der Waals surface area (Å²) < 4.78 is 51.7. The van der Waals surface area contributed by atoms with Crippen molar-refractivity contribution in [1.82, 2.24) is 20.2 Å². The number of alkyl halides is 3. The minimum Gasteiger partial charge on any atom is -0.324 e. The quantitative estimate of drug-likeness (QED) is 0.721. The predicted molar refractivity (Wildman–Crippen MR) is 83.3 cm³/mol. The number of amides is 1. The highest BCUT2D eigenvalue weighted by molar-refractivity contribution is 5.90. The number of carbonyl (C=O) groups is 1. The Morgan fingerprint density at radius 1 is 1.12 bits per heavy atom. The fraction of sp³-hybridized carbons (Fsp3) is 0.125. The van der Waals surface area contributed by atoms with Gasteiger partial charge in [-0.05, 0) is 35.5 Å². The van der Waals surface area contributed by atoms with Crippen molar-refractivity contribution in [2.24, 2.45) is 0 Å². The van der Waals surface area contributed by atoms with Crippen LogP contribution in [0.2, 0.25) is 0 Å². The molecule has 26 heavy (non-hydrogen) atoms. The summed E-state index contributed by atoms with van der Waals surface area (Å²) in [6.07, 6.45) is -4.51. The second-order valence-electron chi connectivity index (χ2n) is 5.25. The number of rotatable bonds is 4. The number of nitrogens with zero attached hydrogens (tertiary/aromatic N) is 4. The van der Waals surface area contributed by atoms with E-state index in [-0.39, 0.29) is 17.1 Å². The first-order valence-corrected chi connectivity index (χ1v) is 7.33. The van der Waals surface area contributed by atoms with Crippen molar-refractivity contribution in [2.45, 2.75) is 12.7 Å². The van der Waals surface area contributed by atoms with Crippen molar-refractivity contribution in [2.75, 3.05) is 5.32 Å². The molecule has 0 bridgehead atoms. The molecule has 134 valence electrons. The third-order valence-electron chi connectivity index (χ3n) is 3.33. The average molecular weight is 365 g/mol. The number of tetrazole rings is 1. The van der Waals surface area contributed by atoms with Crippen LogP contribution in [0.25, 0.3) is 11.4 Å². The molecule has 0 radical (unpaired) electrons. The van der Waals surface area contributed by atoms with Crippen LogP contribution in [0.5, 0.6) is 0 Å². The third kappa shape index (κ3) is 4.02. The minimum atomic E-state index is -4.51. The summed E-state index contributed by atoms with van der Waals surface area (Å²) in [6.45, 7) is -0.391. The van der Waals surface area contributed by atoms with Gasteiger partial charge < -0.3 is 5.32 Å². The smallest absolute Gasteiger partial charge is 0.324 e. The zero-order valence-corrected chi connectivity index (χ0v) is 13.0. The molecule has 10 heteroatoms. The first-order chi connectivity index (χ1) is 12.3. The molecule has 1 N–H and O–H groups in total. The van der Waals surface area contributed by atoms with E-state index >= 15 is 0 Å². The highest BCUT2D eigenvalue weighted by Crippen LogP contribution is 2.30. The van der Waals surface area contributed by atoms with Gasteiger partial charge in [-0.3, -0.25) is 4.79 Å². The number of benzene rings is 2. The summed E-state index contributed by atoms with van der Waals surface area (Å²) in [5, 5.41) is 13.5. The van der Waals surface area contributed by atoms with Crippen LogP contribution >= 0.6 is 0 Å². The fourth-order valence-corrected chi connectivity index (χ4v) is 2.16. The number of aromatic nitrogens is 4. The van der Waals surface area contributed by atoms with Crippen molar-refractivity contribution < 1.29 is 22.4 Å². The van der Waals surface area contributed by atoms with Crippen LogP contribution in [0.1, 0.15) is 5.56 Å². The molecule has 1 aromatic heterocycles. The molecule has 0 aliphatic rings. The van der Waals surface area contributed by atoms with E-state index in [0.29, 0.717) is 0 Å². The highest BCUT2D eigenvalue weighted by atomic mass is 19.4. The molecule has 0 spiro atoms. The first kappa shape index (κ1) is 17.5. The molecule has 1 amide bonds. The van der Waals surface area contributed by atoms with Gasteiger partial charge in [-0.15, -0.1) is 10.2 Å². The fourth-order valence-electron chi connectivity index (χ4n) is 2.16. The SMILES string of the molecule is O=C(Cn1nnc(-c2ccccc2F)n1)Nc1cccc(C(F)(F)F)c1. The normalized spacial score (nSPS) is 11.4. The standard InChI is InChI=1S/C16H11F4N5O/c17-13-7-2-1-6-12(13)15-22-24-25(23-15)9-14(26)21-11-5-3-4-10(8-11)16(18,19)20/h1-8H,9H2,(H,21,26). The van der Waals surface area contributed by atoms with Gasteiger partial charge in [-0.1, -0.05) is 18.2 Å². The molecule has 3 rings (SSSR count). The van der Waals surface area contributed by atoms with Crippen molar-refractivity contribution in [1.29, 1.82) is 0 Å². The van der Waals surface area contributed by atoms with E-state index in [2.05, 4.69) is 20.7 Å². The zero-order chi connectivity index (χ0) is 18.7. The van der Waals surface area contributed by atoms with E-state index in [1.165, 1.54) is 30.3 Å². The van der Waals surface area contributed by atoms with Gasteiger partial charge in [0.2, 0.25) is 11.7 Å². The largest absolute Gasteiger partial charge is 0.416 e. The van der Waals surface area contributed by atoms with E-state index in [1.54, 1.807) is 6.07 Å². The molecule has 0 saturated carbocycles. The van der Waals surface area contributed by atoms with Gasteiger partial charge in [0.25, 0.3) is 0 Å². The maximum Gasteiger partial charge on any atom is 0.416 e. The number of hydrogen-bond acceptors (Lipinski definition) is 4. The monoisotopic (exact) mass is 365 g/mol.